The second kappa shape index (κ2) is 13.1. The lowest BCUT2D eigenvalue weighted by Crippen LogP contribution is -2.61. The monoisotopic (exact) mass is 858 g/mol. The SMILES string of the molecule is Cc1cc2c3c(c1)N(c1cccc4c5c(oc14)C=CCC5)c1ccc(C(C)(C)C)cc1B3c1c(sc3cc4c(cc13)C(C)(C)CCC4(C)C)N2c1ccc2c(c1)C(C)(C)CCC2(C)C. The smallest absolute Gasteiger partial charge is 0.254 e. The maximum absolute atomic E-state index is 6.94. The zero-order chi connectivity index (χ0) is 44.6. The zero-order valence-electron chi connectivity index (χ0n) is 40.2. The minimum atomic E-state index is -0.0265. The summed E-state index contributed by atoms with van der Waals surface area (Å²) in [6.07, 6.45) is 11.3. The van der Waals surface area contributed by atoms with Crippen LogP contribution in [0.3, 0.4) is 0 Å². The summed E-state index contributed by atoms with van der Waals surface area (Å²) in [4.78, 5) is 5.28. The van der Waals surface area contributed by atoms with Gasteiger partial charge in [0.25, 0.3) is 6.71 Å². The molecule has 64 heavy (non-hydrogen) atoms. The molecule has 0 bridgehead atoms. The van der Waals surface area contributed by atoms with Crippen molar-refractivity contribution in [2.24, 2.45) is 0 Å². The molecule has 0 unspecified atom stereocenters. The minimum Gasteiger partial charge on any atom is -0.454 e. The normalized spacial score (nSPS) is 19.5. The molecule has 5 aromatic carbocycles. The molecule has 0 saturated carbocycles. The van der Waals surface area contributed by atoms with Crippen LogP contribution in [0, 0.1) is 6.92 Å². The molecule has 324 valence electrons. The van der Waals surface area contributed by atoms with Crippen molar-refractivity contribution < 1.29 is 4.42 Å². The lowest BCUT2D eigenvalue weighted by molar-refractivity contribution is 0.332. The van der Waals surface area contributed by atoms with E-state index in [9.17, 15) is 0 Å². The highest BCUT2D eigenvalue weighted by molar-refractivity contribution is 7.26. The van der Waals surface area contributed by atoms with Crippen LogP contribution in [0.15, 0.2) is 89.4 Å². The Kier molecular flexibility index (Phi) is 8.28. The summed E-state index contributed by atoms with van der Waals surface area (Å²) in [5, 5.41) is 4.02. The molecule has 0 radical (unpaired) electrons. The maximum Gasteiger partial charge on any atom is 0.254 e. The number of aryl methyl sites for hydroxylation is 2. The molecule has 0 fully saturated rings. The summed E-state index contributed by atoms with van der Waals surface area (Å²) in [6.45, 7) is 29.2. The summed E-state index contributed by atoms with van der Waals surface area (Å²) in [5.41, 5.74) is 21.8. The van der Waals surface area contributed by atoms with Crippen molar-refractivity contribution in [3.63, 3.8) is 0 Å². The topological polar surface area (TPSA) is 19.6 Å². The Morgan fingerprint density at radius 2 is 1.28 bits per heavy atom. The maximum atomic E-state index is 6.94. The number of para-hydroxylation sites is 1. The first-order chi connectivity index (χ1) is 30.2. The second-order valence-corrected chi connectivity index (χ2v) is 24.9. The van der Waals surface area contributed by atoms with Gasteiger partial charge in [0, 0.05) is 38.4 Å². The number of benzene rings is 5. The fourth-order valence-electron chi connectivity index (χ4n) is 12.6. The highest BCUT2D eigenvalue weighted by Gasteiger charge is 2.48. The number of fused-ring (bicyclic) bond motifs is 11. The molecule has 4 heterocycles. The van der Waals surface area contributed by atoms with E-state index in [1.54, 1.807) is 0 Å². The van der Waals surface area contributed by atoms with E-state index in [2.05, 4.69) is 184 Å². The fraction of sp³-hybridized carbons (Fsp3) is 0.390. The van der Waals surface area contributed by atoms with Gasteiger partial charge in [-0.05, 0) is 182 Å². The van der Waals surface area contributed by atoms with Crippen LogP contribution in [-0.4, -0.2) is 6.71 Å². The second-order valence-electron chi connectivity index (χ2n) is 23.9. The first-order valence-electron chi connectivity index (χ1n) is 24.1. The Morgan fingerprint density at radius 3 is 1.98 bits per heavy atom. The first-order valence-corrected chi connectivity index (χ1v) is 24.9. The largest absolute Gasteiger partial charge is 0.454 e. The number of hydrogen-bond donors (Lipinski definition) is 0. The number of anilines is 6. The van der Waals surface area contributed by atoms with E-state index in [1.165, 1.54) is 124 Å². The molecule has 0 amide bonds. The third kappa shape index (κ3) is 5.64. The summed E-state index contributed by atoms with van der Waals surface area (Å²) in [6, 6.07) is 32.0. The lowest BCUT2D eigenvalue weighted by atomic mass is 9.33. The van der Waals surface area contributed by atoms with Gasteiger partial charge in [-0.1, -0.05) is 113 Å². The van der Waals surface area contributed by atoms with Gasteiger partial charge in [-0.15, -0.1) is 11.3 Å². The standard InChI is InChI=1S/C59H63BN2OS/c1-34-28-47-52-48(29-34)62(46-18-15-17-38-37-16-13-14-19-49(37)63-53(38)46)45-23-20-35(55(2,3)4)30-44(45)60(52)51-39-32-42-43(59(11,12)27-26-58(42,9)10)33-50(39)64-54(51)61(47)36-21-22-40-41(31-36)57(7,8)25-24-56(40,5)6/h14-15,17-23,28-33H,13,16,24-27H2,1-12H3. The van der Waals surface area contributed by atoms with Gasteiger partial charge in [0.2, 0.25) is 0 Å². The average molecular weight is 859 g/mol. The van der Waals surface area contributed by atoms with E-state index in [1.807, 2.05) is 11.3 Å². The van der Waals surface area contributed by atoms with Crippen LogP contribution in [0.5, 0.6) is 0 Å². The van der Waals surface area contributed by atoms with Gasteiger partial charge >= 0.3 is 0 Å². The number of rotatable bonds is 2. The Labute approximate surface area is 385 Å². The number of thiophene rings is 1. The fourth-order valence-corrected chi connectivity index (χ4v) is 13.9. The predicted octanol–water partition coefficient (Wildman–Crippen LogP) is 15.0. The van der Waals surface area contributed by atoms with Crippen LogP contribution in [0.25, 0.3) is 27.1 Å². The summed E-state index contributed by atoms with van der Waals surface area (Å²) in [7, 11) is 0. The molecule has 5 aliphatic rings. The Hall–Kier alpha value is -5.00. The summed E-state index contributed by atoms with van der Waals surface area (Å²) >= 11 is 2.02. The number of allylic oxidation sites excluding steroid dienone is 1. The number of hydrogen-bond acceptors (Lipinski definition) is 4. The molecule has 2 aromatic heterocycles. The molecule has 0 N–H and O–H groups in total. The van der Waals surface area contributed by atoms with Crippen molar-refractivity contribution in [3.8, 4) is 0 Å². The van der Waals surface area contributed by atoms with E-state index < -0.39 is 0 Å². The van der Waals surface area contributed by atoms with Crippen molar-refractivity contribution in [1.29, 1.82) is 0 Å². The molecule has 3 aliphatic carbocycles. The van der Waals surface area contributed by atoms with Crippen molar-refractivity contribution in [2.45, 2.75) is 149 Å². The van der Waals surface area contributed by atoms with Crippen molar-refractivity contribution >= 4 is 95.0 Å². The van der Waals surface area contributed by atoms with Gasteiger partial charge in [-0.3, -0.25) is 0 Å². The highest BCUT2D eigenvalue weighted by Crippen LogP contribution is 2.54. The van der Waals surface area contributed by atoms with Gasteiger partial charge in [0.15, 0.2) is 5.58 Å². The van der Waals surface area contributed by atoms with E-state index in [0.29, 0.717) is 0 Å². The third-order valence-electron chi connectivity index (χ3n) is 16.7. The molecular formula is C59H63BN2OS. The average Bonchev–Trinajstić information content (AvgIpc) is 3.81. The molecule has 12 rings (SSSR count). The van der Waals surface area contributed by atoms with Crippen LogP contribution < -0.4 is 26.2 Å². The Bertz CT molecular complexity index is 3200. The van der Waals surface area contributed by atoms with E-state index in [4.69, 9.17) is 4.42 Å². The molecule has 5 heteroatoms. The first kappa shape index (κ1) is 40.5. The van der Waals surface area contributed by atoms with Gasteiger partial charge in [-0.25, -0.2) is 0 Å². The zero-order valence-corrected chi connectivity index (χ0v) is 41.0. The summed E-state index contributed by atoms with van der Waals surface area (Å²) < 4.78 is 8.35. The molecule has 0 atom stereocenters. The Morgan fingerprint density at radius 1 is 0.625 bits per heavy atom. The molecule has 2 aliphatic heterocycles. The van der Waals surface area contributed by atoms with Crippen LogP contribution in [-0.2, 0) is 33.5 Å². The number of furan rings is 1. The van der Waals surface area contributed by atoms with Crippen LogP contribution >= 0.6 is 11.3 Å². The van der Waals surface area contributed by atoms with E-state index in [-0.39, 0.29) is 33.8 Å². The van der Waals surface area contributed by atoms with Gasteiger partial charge < -0.3 is 14.2 Å². The number of nitrogens with zero attached hydrogens (tertiary/aromatic N) is 2. The van der Waals surface area contributed by atoms with Gasteiger partial charge in [0.1, 0.15) is 5.76 Å². The lowest BCUT2D eigenvalue weighted by Gasteiger charge is -2.45. The van der Waals surface area contributed by atoms with Crippen LogP contribution in [0.4, 0.5) is 33.4 Å². The van der Waals surface area contributed by atoms with E-state index >= 15 is 0 Å². The molecule has 0 saturated heterocycles. The van der Waals surface area contributed by atoms with Crippen molar-refractivity contribution in [1.82, 2.24) is 0 Å². The molecule has 3 nitrogen and oxygen atoms in total. The quantitative estimate of drug-likeness (QED) is 0.162. The van der Waals surface area contributed by atoms with E-state index in [0.717, 1.165) is 29.9 Å². The van der Waals surface area contributed by atoms with Gasteiger partial charge in [-0.2, -0.15) is 0 Å². The Balaban J connectivity index is 1.21. The molecule has 0 spiro atoms. The molecule has 7 aromatic rings. The van der Waals surface area contributed by atoms with Crippen molar-refractivity contribution in [3.05, 3.63) is 130 Å². The van der Waals surface area contributed by atoms with Crippen molar-refractivity contribution in [2.75, 3.05) is 9.80 Å². The summed E-state index contributed by atoms with van der Waals surface area (Å²) in [5.74, 6) is 1.01. The van der Waals surface area contributed by atoms with Crippen LogP contribution in [0.2, 0.25) is 0 Å². The van der Waals surface area contributed by atoms with Crippen LogP contribution in [0.1, 0.15) is 153 Å². The molecular weight excluding hydrogens is 796 g/mol. The predicted molar refractivity (Wildman–Crippen MR) is 277 cm³/mol. The minimum absolute atomic E-state index is 0.0265. The third-order valence-corrected chi connectivity index (χ3v) is 17.8. The highest BCUT2D eigenvalue weighted by atomic mass is 32.1. The van der Waals surface area contributed by atoms with Gasteiger partial charge in [0.05, 0.1) is 10.7 Å².